The van der Waals surface area contributed by atoms with E-state index in [1.807, 2.05) is 96.4 Å². The van der Waals surface area contributed by atoms with Crippen molar-refractivity contribution < 1.29 is 58.8 Å². The lowest BCUT2D eigenvalue weighted by Crippen LogP contribution is -2.26. The number of aromatic hydroxyl groups is 4. The Kier molecular flexibility index (Phi) is 31.1. The predicted molar refractivity (Wildman–Crippen MR) is 480 cm³/mol. The monoisotopic (exact) mass is 1600 g/mol. The quantitative estimate of drug-likeness (QED) is 0.0388. The summed E-state index contributed by atoms with van der Waals surface area (Å²) < 4.78 is 8.75. The molecule has 2 aliphatic rings. The van der Waals surface area contributed by atoms with Gasteiger partial charge in [-0.25, -0.2) is 0 Å². The summed E-state index contributed by atoms with van der Waals surface area (Å²) in [5.41, 5.74) is 12.6. The topological polar surface area (TPSA) is 253 Å². The molecule has 117 heavy (non-hydrogen) atoms. The van der Waals surface area contributed by atoms with E-state index in [0.717, 1.165) is 194 Å². The molecule has 1 saturated heterocycles. The standard InChI is InChI=1S/C25H32N2O2.C23H26N2O4.C22H25N3O3.C22H26N2O3.4CH4/c1-16(2)24(28)18-8-10-22-20(14-18)21-15-19(25(29)17(3)4)9-11-23(21)27(22)13-7-12-26(5)6;1-13(26)16-9-18-19-10-17(14(2)27)23(29)12-21(19)25(20(18)11-22(16)28)8-6-15-5-4-7-24(15)3;1-13(26)15-10-16-19(11-20(15)27)25(9-5-8-23(2)3)18-7-6-14-17(21(16)18)12-24(4)22(14)28;1-5-23(6-2)9-10-24-20-8-7-16(14(3)25)11-18(20)19-12-17(15(4)26)22(27)13-21(19)24;;;;/h8-11,14-17H,7,12-13H2,1-6H3;9-12,15,28-29H,4-8H2,1-3H3;6-7,10-11,27H,5,8-9,12H2,1-4H3;7-8,11-13,27H,5-6,9-10H2,1-4H3;4*1H4. The summed E-state index contributed by atoms with van der Waals surface area (Å²) in [4.78, 5) is 108. The van der Waals surface area contributed by atoms with Gasteiger partial charge in [-0.1, -0.05) is 71.2 Å². The lowest BCUT2D eigenvalue weighted by molar-refractivity contribution is 0.0814. The fraction of sp³-hybridized carbons (Fsp3) is 0.417. The number of likely N-dealkylation sites (tertiary alicyclic amines) is 1. The van der Waals surface area contributed by atoms with Crippen molar-refractivity contribution in [3.63, 3.8) is 0 Å². The number of phenolic OH excluding ortho intramolecular Hbond substituents is 4. The molecule has 6 heterocycles. The molecule has 1 amide bonds. The summed E-state index contributed by atoms with van der Waals surface area (Å²) in [6.45, 7) is 28.9. The van der Waals surface area contributed by atoms with Gasteiger partial charge in [-0.15, -0.1) is 0 Å². The fourth-order valence-electron chi connectivity index (χ4n) is 16.3. The summed E-state index contributed by atoms with van der Waals surface area (Å²) in [5, 5.41) is 49.0. The minimum Gasteiger partial charge on any atom is -0.507 e. The molecule has 0 radical (unpaired) electrons. The van der Waals surface area contributed by atoms with E-state index in [1.165, 1.54) is 34.1 Å². The lowest BCUT2D eigenvalue weighted by Gasteiger charge is -2.20. The number of hydrogen-bond donors (Lipinski definition) is 4. The average molecular weight is 1600 g/mol. The Morgan fingerprint density at radius 1 is 0.427 bits per heavy atom. The van der Waals surface area contributed by atoms with Crippen molar-refractivity contribution in [2.45, 2.75) is 177 Å². The van der Waals surface area contributed by atoms with Crippen LogP contribution in [0, 0.1) is 11.8 Å². The number of nitrogens with zero attached hydrogens (tertiary/aromatic N) is 9. The maximum absolute atomic E-state index is 12.6. The first-order valence-corrected chi connectivity index (χ1v) is 39.4. The molecule has 1 atom stereocenters. The van der Waals surface area contributed by atoms with Gasteiger partial charge in [0.2, 0.25) is 0 Å². The molecule has 0 bridgehead atoms. The highest BCUT2D eigenvalue weighted by Crippen LogP contribution is 2.42. The molecule has 626 valence electrons. The Hall–Kier alpha value is -10.8. The van der Waals surface area contributed by atoms with E-state index in [9.17, 15) is 58.8 Å². The second-order valence-electron chi connectivity index (χ2n) is 31.7. The molecule has 4 N–H and O–H groups in total. The average Bonchev–Trinajstić information content (AvgIpc) is 1.57. The van der Waals surface area contributed by atoms with Gasteiger partial charge >= 0.3 is 0 Å². The van der Waals surface area contributed by atoms with Crippen molar-refractivity contribution in [1.29, 1.82) is 0 Å². The molecule has 0 saturated carbocycles. The highest BCUT2D eigenvalue weighted by atomic mass is 16.3. The smallest absolute Gasteiger partial charge is 0.254 e. The van der Waals surface area contributed by atoms with Crippen LogP contribution in [0.1, 0.15) is 226 Å². The van der Waals surface area contributed by atoms with Gasteiger partial charge in [-0.2, -0.15) is 0 Å². The molecule has 14 rings (SSSR count). The van der Waals surface area contributed by atoms with Gasteiger partial charge in [0.25, 0.3) is 5.91 Å². The molecule has 1 fully saturated rings. The van der Waals surface area contributed by atoms with Gasteiger partial charge in [0.05, 0.1) is 44.3 Å². The van der Waals surface area contributed by atoms with E-state index in [2.05, 4.69) is 85.0 Å². The van der Waals surface area contributed by atoms with Crippen molar-refractivity contribution in [3.05, 3.63) is 165 Å². The number of Topliss-reactive ketones (excluding diaryl/α,β-unsaturated/α-hetero) is 7. The van der Waals surface area contributed by atoms with E-state index in [-0.39, 0.29) is 122 Å². The number of phenols is 4. The molecule has 8 aromatic carbocycles. The zero-order valence-corrected chi connectivity index (χ0v) is 68.6. The molecule has 21 heteroatoms. The van der Waals surface area contributed by atoms with Crippen molar-refractivity contribution in [1.82, 2.24) is 42.8 Å². The van der Waals surface area contributed by atoms with Crippen LogP contribution in [0.25, 0.3) is 87.2 Å². The first-order valence-electron chi connectivity index (χ1n) is 39.4. The predicted octanol–water partition coefficient (Wildman–Crippen LogP) is 19.6. The number of aryl methyl sites for hydroxylation is 3. The van der Waals surface area contributed by atoms with Crippen LogP contribution < -0.4 is 0 Å². The summed E-state index contributed by atoms with van der Waals surface area (Å²) >= 11 is 0. The van der Waals surface area contributed by atoms with E-state index >= 15 is 0 Å². The van der Waals surface area contributed by atoms with Gasteiger partial charge in [0, 0.05) is 176 Å². The van der Waals surface area contributed by atoms with Gasteiger partial charge in [-0.05, 0) is 231 Å². The summed E-state index contributed by atoms with van der Waals surface area (Å²) in [6.07, 6.45) is 5.29. The Bertz CT molecular complexity index is 5610. The maximum Gasteiger partial charge on any atom is 0.254 e. The van der Waals surface area contributed by atoms with Crippen LogP contribution in [0.15, 0.2) is 115 Å². The van der Waals surface area contributed by atoms with E-state index < -0.39 is 0 Å². The van der Waals surface area contributed by atoms with Crippen molar-refractivity contribution >= 4 is 134 Å². The van der Waals surface area contributed by atoms with Crippen LogP contribution in [-0.2, 0) is 32.7 Å². The summed E-state index contributed by atoms with van der Waals surface area (Å²) in [7, 11) is 12.2. The summed E-state index contributed by atoms with van der Waals surface area (Å²) in [5.74, 6) is -0.659. The molecule has 12 aromatic rings. The fourth-order valence-corrected chi connectivity index (χ4v) is 16.3. The highest BCUT2D eigenvalue weighted by Gasteiger charge is 2.31. The number of carbonyl (C=O) groups is 8. The second kappa shape index (κ2) is 38.9. The van der Waals surface area contributed by atoms with Crippen LogP contribution >= 0.6 is 0 Å². The van der Waals surface area contributed by atoms with E-state index in [4.69, 9.17) is 0 Å². The number of aromatic nitrogens is 4. The number of likely N-dealkylation sites (N-methyl/N-ethyl adjacent to an activating group) is 1. The number of fused-ring (bicyclic) bond motifs is 14. The number of amides is 1. The lowest BCUT2D eigenvalue weighted by atomic mass is 9.97. The number of ketones is 7. The van der Waals surface area contributed by atoms with Crippen LogP contribution in [-0.4, -0.2) is 197 Å². The highest BCUT2D eigenvalue weighted by molar-refractivity contribution is 6.19. The van der Waals surface area contributed by atoms with Crippen molar-refractivity contribution in [2.24, 2.45) is 11.8 Å². The number of hydrogen-bond acceptors (Lipinski definition) is 16. The normalized spacial score (nSPS) is 13.3. The SMILES string of the molecule is C.C.C.C.CC(=O)c1cc2c3c4c(ccc3n(CCCN(C)C)c2cc1O)C(=O)N(C)C4.CC(=O)c1cc2c3cc(C(C)=O)c(O)cc3n(CCC3CCCN3C)c2cc1O.CC(C)C(=O)c1ccc2c(c1)c1cc(C(=O)C(C)C)ccc1n2CCCN(C)C.CCN(CC)CCn1c2ccc(C(C)=O)cc2c2cc(C(C)=O)c(O)cc21. The first kappa shape index (κ1) is 93.3. The Labute approximate surface area is 690 Å². The minimum absolute atomic E-state index is 0. The number of benzene rings is 8. The van der Waals surface area contributed by atoms with Gasteiger partial charge in [-0.3, -0.25) is 38.4 Å². The Morgan fingerprint density at radius 3 is 1.15 bits per heavy atom. The third kappa shape index (κ3) is 19.2. The molecule has 21 nitrogen and oxygen atoms in total. The molecule has 0 spiro atoms. The van der Waals surface area contributed by atoms with Gasteiger partial charge in [0.15, 0.2) is 40.5 Å². The first-order chi connectivity index (χ1) is 53.6. The van der Waals surface area contributed by atoms with Gasteiger partial charge < -0.3 is 63.2 Å². The maximum atomic E-state index is 12.6. The molecule has 0 aliphatic carbocycles. The van der Waals surface area contributed by atoms with Crippen LogP contribution in [0.5, 0.6) is 23.0 Å². The van der Waals surface area contributed by atoms with Crippen molar-refractivity contribution in [3.8, 4) is 23.0 Å². The third-order valence-electron chi connectivity index (χ3n) is 22.6. The van der Waals surface area contributed by atoms with E-state index in [1.54, 1.807) is 67.4 Å². The van der Waals surface area contributed by atoms with Crippen LogP contribution in [0.4, 0.5) is 0 Å². The molecular formula is C96H125N9O12. The second-order valence-corrected chi connectivity index (χ2v) is 31.7. The number of rotatable bonds is 25. The van der Waals surface area contributed by atoms with Gasteiger partial charge in [0.1, 0.15) is 23.0 Å². The zero-order chi connectivity index (χ0) is 82.0. The number of carbonyl (C=O) groups excluding carboxylic acids is 8. The van der Waals surface area contributed by atoms with E-state index in [0.29, 0.717) is 35.8 Å². The third-order valence-corrected chi connectivity index (χ3v) is 22.6. The Balaban J connectivity index is 0.000000213. The van der Waals surface area contributed by atoms with Crippen LogP contribution in [0.3, 0.4) is 0 Å². The van der Waals surface area contributed by atoms with Crippen molar-refractivity contribution in [2.75, 3.05) is 81.6 Å². The molecule has 2 aliphatic heterocycles. The Morgan fingerprint density at radius 2 is 0.778 bits per heavy atom. The minimum atomic E-state index is -0.219. The largest absolute Gasteiger partial charge is 0.507 e. The molecule has 1 unspecified atom stereocenters. The molecule has 4 aromatic heterocycles. The molecular weight excluding hydrogens is 1470 g/mol. The summed E-state index contributed by atoms with van der Waals surface area (Å²) in [6, 6.07) is 35.6. The van der Waals surface area contributed by atoms with Crippen LogP contribution in [0.2, 0.25) is 0 Å². The zero-order valence-electron chi connectivity index (χ0n) is 68.6.